The van der Waals surface area contributed by atoms with Crippen molar-refractivity contribution in [1.29, 1.82) is 0 Å². The number of carbonyl (C=O) groups excluding carboxylic acids is 4. The highest BCUT2D eigenvalue weighted by atomic mass is 35.5. The highest BCUT2D eigenvalue weighted by Crippen LogP contribution is 2.55. The maximum Gasteiger partial charge on any atom is 0.334 e. The second-order valence-electron chi connectivity index (χ2n) is 9.17. The fourth-order valence-corrected chi connectivity index (χ4v) is 5.59. The van der Waals surface area contributed by atoms with Gasteiger partial charge >= 0.3 is 17.9 Å². The summed E-state index contributed by atoms with van der Waals surface area (Å²) < 4.78 is 16.4. The van der Waals surface area contributed by atoms with E-state index >= 15 is 0 Å². The number of Topliss-reactive ketones (excluding diaryl/α,β-unsaturated/α-hetero) is 1. The van der Waals surface area contributed by atoms with Gasteiger partial charge in [-0.05, 0) is 37.2 Å². The molecule has 3 aliphatic rings. The van der Waals surface area contributed by atoms with Gasteiger partial charge in [-0.1, -0.05) is 25.3 Å². The number of carbonyl (C=O) groups is 4. The number of alkyl halides is 1. The van der Waals surface area contributed by atoms with Crippen molar-refractivity contribution in [3.05, 3.63) is 36.5 Å². The van der Waals surface area contributed by atoms with Gasteiger partial charge in [0.25, 0.3) is 0 Å². The van der Waals surface area contributed by atoms with Crippen molar-refractivity contribution in [2.45, 2.75) is 57.8 Å². The normalized spacial score (nSPS) is 33.5. The maximum atomic E-state index is 13.2. The number of rotatable bonds is 6. The zero-order valence-electron chi connectivity index (χ0n) is 18.6. The molecular weight excluding hydrogens is 436 g/mol. The Kier molecular flexibility index (Phi) is 6.70. The Balaban J connectivity index is 1.93. The molecule has 0 spiro atoms. The van der Waals surface area contributed by atoms with E-state index in [4.69, 9.17) is 25.8 Å². The lowest BCUT2D eigenvalue weighted by Gasteiger charge is -2.31. The summed E-state index contributed by atoms with van der Waals surface area (Å²) in [4.78, 5) is 48.7. The van der Waals surface area contributed by atoms with Gasteiger partial charge in [-0.2, -0.15) is 0 Å². The molecule has 0 aromatic rings. The molecule has 0 amide bonds. The fourth-order valence-electron chi connectivity index (χ4n) is 5.39. The van der Waals surface area contributed by atoms with E-state index in [1.54, 1.807) is 0 Å². The van der Waals surface area contributed by atoms with Crippen LogP contribution in [0.4, 0.5) is 0 Å². The smallest absolute Gasteiger partial charge is 0.334 e. The molecule has 0 aromatic heterocycles. The van der Waals surface area contributed by atoms with Crippen LogP contribution in [0.25, 0.3) is 0 Å². The van der Waals surface area contributed by atoms with Crippen molar-refractivity contribution in [2.24, 2.45) is 23.7 Å². The summed E-state index contributed by atoms with van der Waals surface area (Å²) in [5.74, 6) is -3.20. The van der Waals surface area contributed by atoms with Crippen LogP contribution in [0, 0.1) is 23.7 Å². The van der Waals surface area contributed by atoms with Crippen molar-refractivity contribution >= 4 is 35.3 Å². The topological polar surface area (TPSA) is 96.0 Å². The van der Waals surface area contributed by atoms with Gasteiger partial charge in [0.2, 0.25) is 0 Å². The predicted molar refractivity (Wildman–Crippen MR) is 117 cm³/mol. The first-order valence-electron chi connectivity index (χ1n) is 10.6. The van der Waals surface area contributed by atoms with Crippen LogP contribution < -0.4 is 0 Å². The van der Waals surface area contributed by atoms with Gasteiger partial charge in [0.15, 0.2) is 11.4 Å². The van der Waals surface area contributed by atoms with E-state index in [0.29, 0.717) is 24.0 Å². The molecule has 32 heavy (non-hydrogen) atoms. The Bertz CT molecular complexity index is 906. The molecule has 0 aromatic carbocycles. The van der Waals surface area contributed by atoms with Gasteiger partial charge in [-0.25, -0.2) is 4.79 Å². The van der Waals surface area contributed by atoms with Crippen molar-refractivity contribution in [3.63, 3.8) is 0 Å². The molecule has 1 aliphatic heterocycles. The van der Waals surface area contributed by atoms with E-state index in [9.17, 15) is 19.2 Å². The zero-order chi connectivity index (χ0) is 24.0. The molecular formula is C24H29ClO7. The number of ether oxygens (including phenoxy) is 3. The average molecular weight is 465 g/mol. The van der Waals surface area contributed by atoms with Crippen LogP contribution in [0.15, 0.2) is 36.5 Å². The van der Waals surface area contributed by atoms with Gasteiger partial charge in [-0.15, -0.1) is 11.6 Å². The lowest BCUT2D eigenvalue weighted by Crippen LogP contribution is -2.43. The molecule has 7 nitrogen and oxygen atoms in total. The molecule has 2 saturated carbocycles. The van der Waals surface area contributed by atoms with E-state index in [1.165, 1.54) is 20.8 Å². The first kappa shape index (κ1) is 24.2. The zero-order valence-corrected chi connectivity index (χ0v) is 19.4. The Hall–Kier alpha value is -2.41. The molecule has 1 saturated heterocycles. The molecule has 2 aliphatic carbocycles. The summed E-state index contributed by atoms with van der Waals surface area (Å²) in [5.41, 5.74) is 0.384. The van der Waals surface area contributed by atoms with Gasteiger partial charge in [0.1, 0.15) is 12.2 Å². The highest BCUT2D eigenvalue weighted by Gasteiger charge is 2.57. The van der Waals surface area contributed by atoms with Crippen LogP contribution in [-0.4, -0.2) is 47.4 Å². The van der Waals surface area contributed by atoms with Crippen LogP contribution in [-0.2, 0) is 33.4 Å². The Labute approximate surface area is 192 Å². The van der Waals surface area contributed by atoms with Crippen molar-refractivity contribution in [3.8, 4) is 0 Å². The molecule has 7 atom stereocenters. The molecule has 0 radical (unpaired) electrons. The van der Waals surface area contributed by atoms with E-state index < -0.39 is 41.6 Å². The number of hydrogen-bond donors (Lipinski definition) is 0. The maximum absolute atomic E-state index is 13.2. The number of ketones is 1. The molecule has 0 bridgehead atoms. The summed E-state index contributed by atoms with van der Waals surface area (Å²) in [6.07, 6.45) is -0.0912. The van der Waals surface area contributed by atoms with Gasteiger partial charge < -0.3 is 14.2 Å². The third kappa shape index (κ3) is 4.27. The Morgan fingerprint density at radius 3 is 2.38 bits per heavy atom. The van der Waals surface area contributed by atoms with Gasteiger partial charge in [0.05, 0.1) is 5.88 Å². The van der Waals surface area contributed by atoms with Gasteiger partial charge in [0, 0.05) is 37.7 Å². The molecule has 3 fully saturated rings. The van der Waals surface area contributed by atoms with E-state index in [-0.39, 0.29) is 35.8 Å². The van der Waals surface area contributed by atoms with Crippen molar-refractivity contribution in [2.75, 3.05) is 5.88 Å². The molecule has 7 unspecified atom stereocenters. The number of esters is 3. The minimum atomic E-state index is -1.47. The summed E-state index contributed by atoms with van der Waals surface area (Å²) in [5, 5.41) is 0. The molecule has 0 N–H and O–H groups in total. The summed E-state index contributed by atoms with van der Waals surface area (Å²) in [6.45, 7) is 16.4. The fraction of sp³-hybridized carbons (Fsp3) is 0.583. The van der Waals surface area contributed by atoms with Crippen LogP contribution >= 0.6 is 11.6 Å². The molecule has 8 heteroatoms. The molecule has 174 valence electrons. The lowest BCUT2D eigenvalue weighted by atomic mass is 9.75. The SMILES string of the molecule is C=C1CC(CC(=O)C(C)(CCl)OC(C)=O)C2C(=C)C(=O)OC2C2C(=C)C(OC(C)=O)CC12. The second kappa shape index (κ2) is 8.85. The second-order valence-corrected chi connectivity index (χ2v) is 9.44. The largest absolute Gasteiger partial charge is 0.458 e. The molecule has 1 heterocycles. The summed E-state index contributed by atoms with van der Waals surface area (Å²) >= 11 is 5.98. The quantitative estimate of drug-likeness (QED) is 0.195. The van der Waals surface area contributed by atoms with Crippen LogP contribution in [0.2, 0.25) is 0 Å². The monoisotopic (exact) mass is 464 g/mol. The number of allylic oxidation sites excluding steroid dienone is 1. The third-order valence-corrected chi connectivity index (χ3v) is 7.40. The van der Waals surface area contributed by atoms with Crippen molar-refractivity contribution in [1.82, 2.24) is 0 Å². The average Bonchev–Trinajstić information content (AvgIpc) is 3.12. The van der Waals surface area contributed by atoms with Gasteiger partial charge in [-0.3, -0.25) is 14.4 Å². The number of halogens is 1. The van der Waals surface area contributed by atoms with E-state index in [0.717, 1.165) is 5.57 Å². The van der Waals surface area contributed by atoms with Crippen LogP contribution in [0.3, 0.4) is 0 Å². The number of hydrogen-bond acceptors (Lipinski definition) is 7. The minimum absolute atomic E-state index is 0.0195. The Morgan fingerprint density at radius 1 is 1.16 bits per heavy atom. The predicted octanol–water partition coefficient (Wildman–Crippen LogP) is 3.30. The van der Waals surface area contributed by atoms with Crippen LogP contribution in [0.1, 0.15) is 40.0 Å². The first-order chi connectivity index (χ1) is 14.9. The standard InChI is InChI=1S/C24H29ClO7/c1-11-7-16(8-19(28)24(6,10-25)32-15(5)27)20-13(3)23(29)31-22(20)21-12(2)18(9-17(11)21)30-14(4)26/h16-18,20-22H,1-3,7-10H2,4-6H3. The lowest BCUT2D eigenvalue weighted by molar-refractivity contribution is -0.162. The van der Waals surface area contributed by atoms with Crippen molar-refractivity contribution < 1.29 is 33.4 Å². The minimum Gasteiger partial charge on any atom is -0.458 e. The van der Waals surface area contributed by atoms with Crippen LogP contribution in [0.5, 0.6) is 0 Å². The van der Waals surface area contributed by atoms with E-state index in [1.807, 2.05) is 0 Å². The summed E-state index contributed by atoms with van der Waals surface area (Å²) in [6, 6.07) is 0. The Morgan fingerprint density at radius 2 is 1.81 bits per heavy atom. The van der Waals surface area contributed by atoms with E-state index in [2.05, 4.69) is 19.7 Å². The first-order valence-corrected chi connectivity index (χ1v) is 11.1. The third-order valence-electron chi connectivity index (χ3n) is 6.89. The summed E-state index contributed by atoms with van der Waals surface area (Å²) in [7, 11) is 0. The highest BCUT2D eigenvalue weighted by molar-refractivity contribution is 6.20. The number of fused-ring (bicyclic) bond motifs is 3. The molecule has 3 rings (SSSR count).